The minimum atomic E-state index is -0.246. The lowest BCUT2D eigenvalue weighted by molar-refractivity contribution is -0.118. The normalized spacial score (nSPS) is 11.7. The number of carbonyl (C=O) groups is 1. The summed E-state index contributed by atoms with van der Waals surface area (Å²) in [6.07, 6.45) is 5.72. The van der Waals surface area contributed by atoms with Gasteiger partial charge in [-0.05, 0) is 23.8 Å². The van der Waals surface area contributed by atoms with Crippen LogP contribution >= 0.6 is 22.9 Å². The van der Waals surface area contributed by atoms with E-state index in [9.17, 15) is 4.79 Å². The second-order valence-electron chi connectivity index (χ2n) is 6.16. The SMILES string of the molecule is O=C(CCc1nc(-c2ccncc2)no1)N=c1sccn1Cc1ccccc1Cl. The lowest BCUT2D eigenvalue weighted by atomic mass is 10.2. The molecular formula is C20H16ClN5O2S. The fourth-order valence-electron chi connectivity index (χ4n) is 2.67. The smallest absolute Gasteiger partial charge is 0.248 e. The number of halogens is 1. The third kappa shape index (κ3) is 4.85. The molecule has 0 saturated heterocycles. The molecule has 7 nitrogen and oxygen atoms in total. The van der Waals surface area contributed by atoms with Gasteiger partial charge in [-0.1, -0.05) is 35.0 Å². The molecule has 3 aromatic heterocycles. The Balaban J connectivity index is 1.42. The lowest BCUT2D eigenvalue weighted by Gasteiger charge is -2.05. The minimum Gasteiger partial charge on any atom is -0.339 e. The summed E-state index contributed by atoms with van der Waals surface area (Å²) in [5.41, 5.74) is 1.78. The van der Waals surface area contributed by atoms with Crippen molar-refractivity contribution in [3.63, 3.8) is 0 Å². The van der Waals surface area contributed by atoms with E-state index in [0.717, 1.165) is 11.1 Å². The number of thiazole rings is 1. The first kappa shape index (κ1) is 19.2. The van der Waals surface area contributed by atoms with Gasteiger partial charge in [0.25, 0.3) is 0 Å². The van der Waals surface area contributed by atoms with Gasteiger partial charge in [-0.2, -0.15) is 9.98 Å². The van der Waals surface area contributed by atoms with Crippen molar-refractivity contribution in [3.05, 3.63) is 81.6 Å². The lowest BCUT2D eigenvalue weighted by Crippen LogP contribution is -2.17. The molecule has 0 spiro atoms. The Bertz CT molecular complexity index is 1180. The fourth-order valence-corrected chi connectivity index (χ4v) is 3.61. The fraction of sp³-hybridized carbons (Fsp3) is 0.150. The zero-order chi connectivity index (χ0) is 20.1. The Hall–Kier alpha value is -3.10. The number of carbonyl (C=O) groups excluding carboxylic acids is 1. The molecule has 29 heavy (non-hydrogen) atoms. The van der Waals surface area contributed by atoms with Gasteiger partial charge in [0.1, 0.15) is 0 Å². The van der Waals surface area contributed by atoms with Crippen LogP contribution in [0.1, 0.15) is 17.9 Å². The molecule has 0 aliphatic carbocycles. The van der Waals surface area contributed by atoms with Crippen LogP contribution in [0.5, 0.6) is 0 Å². The number of nitrogens with zero attached hydrogens (tertiary/aromatic N) is 5. The molecule has 9 heteroatoms. The van der Waals surface area contributed by atoms with Gasteiger partial charge in [-0.15, -0.1) is 11.3 Å². The third-order valence-electron chi connectivity index (χ3n) is 4.14. The third-order valence-corrected chi connectivity index (χ3v) is 5.30. The summed E-state index contributed by atoms with van der Waals surface area (Å²) in [7, 11) is 0. The molecule has 0 atom stereocenters. The van der Waals surface area contributed by atoms with Crippen LogP contribution in [0.3, 0.4) is 0 Å². The highest BCUT2D eigenvalue weighted by atomic mass is 35.5. The number of benzene rings is 1. The van der Waals surface area contributed by atoms with E-state index in [2.05, 4.69) is 20.1 Å². The van der Waals surface area contributed by atoms with E-state index in [1.54, 1.807) is 24.5 Å². The number of hydrogen-bond donors (Lipinski definition) is 0. The van der Waals surface area contributed by atoms with Crippen LogP contribution in [0.4, 0.5) is 0 Å². The summed E-state index contributed by atoms with van der Waals surface area (Å²) in [5, 5.41) is 6.51. The molecule has 4 rings (SSSR count). The number of pyridine rings is 1. The summed E-state index contributed by atoms with van der Waals surface area (Å²) in [6, 6.07) is 11.2. The van der Waals surface area contributed by atoms with Crippen molar-refractivity contribution in [2.75, 3.05) is 0 Å². The Morgan fingerprint density at radius 2 is 2.03 bits per heavy atom. The molecule has 0 unspecified atom stereocenters. The van der Waals surface area contributed by atoms with Crippen molar-refractivity contribution in [1.29, 1.82) is 0 Å². The monoisotopic (exact) mass is 425 g/mol. The molecular weight excluding hydrogens is 410 g/mol. The molecule has 0 bridgehead atoms. The van der Waals surface area contributed by atoms with Gasteiger partial charge in [0, 0.05) is 47.4 Å². The van der Waals surface area contributed by atoms with Gasteiger partial charge in [0.05, 0.1) is 6.54 Å². The van der Waals surface area contributed by atoms with E-state index in [1.165, 1.54) is 11.3 Å². The van der Waals surface area contributed by atoms with Crippen molar-refractivity contribution < 1.29 is 9.32 Å². The van der Waals surface area contributed by atoms with Gasteiger partial charge >= 0.3 is 0 Å². The molecule has 4 aromatic rings. The molecule has 0 saturated carbocycles. The zero-order valence-corrected chi connectivity index (χ0v) is 16.8. The van der Waals surface area contributed by atoms with Crippen LogP contribution in [0.25, 0.3) is 11.4 Å². The summed E-state index contributed by atoms with van der Waals surface area (Å²) >= 11 is 7.63. The number of amides is 1. The predicted molar refractivity (Wildman–Crippen MR) is 109 cm³/mol. The molecule has 0 radical (unpaired) electrons. The largest absolute Gasteiger partial charge is 0.339 e. The van der Waals surface area contributed by atoms with Gasteiger partial charge in [-0.3, -0.25) is 9.78 Å². The van der Waals surface area contributed by atoms with Gasteiger partial charge in [-0.25, -0.2) is 0 Å². The number of aromatic nitrogens is 4. The second kappa shape index (κ2) is 8.93. The highest BCUT2D eigenvalue weighted by molar-refractivity contribution is 7.07. The van der Waals surface area contributed by atoms with Crippen LogP contribution < -0.4 is 4.80 Å². The second-order valence-corrected chi connectivity index (χ2v) is 7.44. The molecule has 0 N–H and O–H groups in total. The van der Waals surface area contributed by atoms with E-state index in [0.29, 0.717) is 34.5 Å². The quantitative estimate of drug-likeness (QED) is 0.469. The van der Waals surface area contributed by atoms with E-state index in [1.807, 2.05) is 40.4 Å². The summed E-state index contributed by atoms with van der Waals surface area (Å²) in [4.78, 5) is 25.5. The minimum absolute atomic E-state index is 0.183. The summed E-state index contributed by atoms with van der Waals surface area (Å²) in [6.45, 7) is 0.550. The van der Waals surface area contributed by atoms with Crippen LogP contribution in [0.2, 0.25) is 5.02 Å². The van der Waals surface area contributed by atoms with Crippen LogP contribution in [-0.4, -0.2) is 25.6 Å². The van der Waals surface area contributed by atoms with E-state index < -0.39 is 0 Å². The van der Waals surface area contributed by atoms with Gasteiger partial charge in [0.2, 0.25) is 17.6 Å². The maximum Gasteiger partial charge on any atom is 0.248 e. The maximum absolute atomic E-state index is 12.3. The van der Waals surface area contributed by atoms with Crippen LogP contribution in [-0.2, 0) is 17.8 Å². The van der Waals surface area contributed by atoms with E-state index in [-0.39, 0.29) is 12.3 Å². The average Bonchev–Trinajstić information content (AvgIpc) is 3.39. The van der Waals surface area contributed by atoms with Crippen LogP contribution in [0.15, 0.2) is 69.9 Å². The molecule has 3 heterocycles. The standard InChI is InChI=1S/C20H16ClN5O2S/c21-16-4-2-1-3-15(16)13-26-11-12-29-20(26)23-17(27)5-6-18-24-19(25-28-18)14-7-9-22-10-8-14/h1-4,7-12H,5-6,13H2. The Labute approximate surface area is 175 Å². The highest BCUT2D eigenvalue weighted by Gasteiger charge is 2.11. The Morgan fingerprint density at radius 1 is 1.21 bits per heavy atom. The van der Waals surface area contributed by atoms with E-state index >= 15 is 0 Å². The molecule has 0 aliphatic rings. The first-order valence-corrected chi connectivity index (χ1v) is 10.1. The van der Waals surface area contributed by atoms with Crippen molar-refractivity contribution >= 4 is 28.8 Å². The average molecular weight is 426 g/mol. The van der Waals surface area contributed by atoms with E-state index in [4.69, 9.17) is 16.1 Å². The molecule has 1 amide bonds. The highest BCUT2D eigenvalue weighted by Crippen LogP contribution is 2.16. The summed E-state index contributed by atoms with van der Waals surface area (Å²) < 4.78 is 7.13. The van der Waals surface area contributed by atoms with Crippen molar-refractivity contribution in [3.8, 4) is 11.4 Å². The van der Waals surface area contributed by atoms with Crippen molar-refractivity contribution in [2.24, 2.45) is 4.99 Å². The Morgan fingerprint density at radius 3 is 2.86 bits per heavy atom. The van der Waals surface area contributed by atoms with Gasteiger partial charge < -0.3 is 9.09 Å². The Kier molecular flexibility index (Phi) is 5.92. The van der Waals surface area contributed by atoms with Crippen molar-refractivity contribution in [2.45, 2.75) is 19.4 Å². The predicted octanol–water partition coefficient (Wildman–Crippen LogP) is 3.76. The van der Waals surface area contributed by atoms with Crippen molar-refractivity contribution in [1.82, 2.24) is 19.7 Å². The molecule has 146 valence electrons. The van der Waals surface area contributed by atoms with Gasteiger partial charge in [0.15, 0.2) is 4.80 Å². The number of hydrogen-bond acceptors (Lipinski definition) is 6. The topological polar surface area (TPSA) is 86.2 Å². The zero-order valence-electron chi connectivity index (χ0n) is 15.2. The number of aryl methyl sites for hydroxylation is 1. The first-order valence-electron chi connectivity index (χ1n) is 8.87. The molecule has 0 fully saturated rings. The first-order chi connectivity index (χ1) is 14.2. The molecule has 0 aliphatic heterocycles. The molecule has 1 aromatic carbocycles. The maximum atomic E-state index is 12.3. The van der Waals surface area contributed by atoms with Crippen LogP contribution in [0, 0.1) is 0 Å². The number of rotatable bonds is 6. The summed E-state index contributed by atoms with van der Waals surface area (Å²) in [5.74, 6) is 0.627.